The minimum absolute atomic E-state index is 0.114. The van der Waals surface area contributed by atoms with Crippen molar-refractivity contribution in [3.8, 4) is 11.5 Å². The van der Waals surface area contributed by atoms with E-state index in [9.17, 15) is 23.2 Å². The highest BCUT2D eigenvalue weighted by atomic mass is 32.2. The first kappa shape index (κ1) is 24.0. The number of thioether (sulfide) groups is 1. The van der Waals surface area contributed by atoms with Gasteiger partial charge in [-0.15, -0.1) is 0 Å². The van der Waals surface area contributed by atoms with E-state index in [4.69, 9.17) is 9.47 Å². The predicted octanol–water partition coefficient (Wildman–Crippen LogP) is 4.60. The number of hydrogen-bond donors (Lipinski definition) is 1. The number of amides is 3. The van der Waals surface area contributed by atoms with Gasteiger partial charge in [0, 0.05) is 6.07 Å². The zero-order valence-corrected chi connectivity index (χ0v) is 18.4. The molecule has 2 aromatic carbocycles. The molecule has 0 unspecified atom stereocenters. The second kappa shape index (κ2) is 10.8. The topological polar surface area (TPSA) is 84.9 Å². The summed E-state index contributed by atoms with van der Waals surface area (Å²) in [6.45, 7) is 5.49. The normalized spacial score (nSPS) is 14.5. The van der Waals surface area contributed by atoms with Crippen molar-refractivity contribution >= 4 is 40.6 Å². The van der Waals surface area contributed by atoms with E-state index in [1.54, 1.807) is 24.3 Å². The van der Waals surface area contributed by atoms with Gasteiger partial charge in [0.15, 0.2) is 11.5 Å². The van der Waals surface area contributed by atoms with Crippen LogP contribution >= 0.6 is 11.8 Å². The molecule has 7 nitrogen and oxygen atoms in total. The number of rotatable bonds is 9. The van der Waals surface area contributed by atoms with Gasteiger partial charge in [-0.2, -0.15) is 0 Å². The molecule has 0 aliphatic carbocycles. The lowest BCUT2D eigenvalue weighted by atomic mass is 10.2. The van der Waals surface area contributed by atoms with Gasteiger partial charge in [0.05, 0.1) is 17.2 Å². The summed E-state index contributed by atoms with van der Waals surface area (Å²) in [5.74, 6) is -2.26. The molecule has 1 aliphatic heterocycles. The van der Waals surface area contributed by atoms with Crippen molar-refractivity contribution in [3.63, 3.8) is 0 Å². The van der Waals surface area contributed by atoms with Crippen LogP contribution in [0.2, 0.25) is 0 Å². The van der Waals surface area contributed by atoms with Crippen molar-refractivity contribution in [3.05, 3.63) is 71.2 Å². The Hall–Kier alpha value is -3.66. The van der Waals surface area contributed by atoms with Crippen molar-refractivity contribution in [1.29, 1.82) is 0 Å². The monoisotopic (exact) mass is 474 g/mol. The molecule has 1 saturated heterocycles. The smallest absolute Gasteiger partial charge is 0.294 e. The lowest BCUT2D eigenvalue weighted by molar-refractivity contribution is -0.127. The van der Waals surface area contributed by atoms with Crippen LogP contribution < -0.4 is 14.8 Å². The number of benzene rings is 2. The largest absolute Gasteiger partial charge is 0.490 e. The summed E-state index contributed by atoms with van der Waals surface area (Å²) in [7, 11) is 0. The third-order valence-electron chi connectivity index (χ3n) is 4.30. The highest BCUT2D eigenvalue weighted by molar-refractivity contribution is 8.18. The van der Waals surface area contributed by atoms with Gasteiger partial charge in [0.25, 0.3) is 11.1 Å². The molecule has 0 radical (unpaired) electrons. The maximum atomic E-state index is 13.7. The molecule has 1 aliphatic rings. The van der Waals surface area contributed by atoms with Crippen LogP contribution in [0, 0.1) is 11.6 Å². The van der Waals surface area contributed by atoms with E-state index >= 15 is 0 Å². The number of halogens is 2. The highest BCUT2D eigenvalue weighted by Gasteiger charge is 2.36. The first-order valence-corrected chi connectivity index (χ1v) is 10.6. The summed E-state index contributed by atoms with van der Waals surface area (Å²) < 4.78 is 37.8. The van der Waals surface area contributed by atoms with Crippen LogP contribution in [0.4, 0.5) is 19.3 Å². The summed E-state index contributed by atoms with van der Waals surface area (Å²) >= 11 is 0.677. The molecule has 0 aromatic heterocycles. The first-order chi connectivity index (χ1) is 15.8. The summed E-state index contributed by atoms with van der Waals surface area (Å²) in [5.41, 5.74) is 0.332. The van der Waals surface area contributed by atoms with Crippen molar-refractivity contribution in [1.82, 2.24) is 4.90 Å². The molecule has 1 heterocycles. The number of hydrogen-bond acceptors (Lipinski definition) is 6. The van der Waals surface area contributed by atoms with Gasteiger partial charge >= 0.3 is 0 Å². The Morgan fingerprint density at radius 2 is 1.94 bits per heavy atom. The lowest BCUT2D eigenvalue weighted by Crippen LogP contribution is -2.36. The number of ether oxygens (including phenoxy) is 2. The van der Waals surface area contributed by atoms with E-state index in [2.05, 4.69) is 11.9 Å². The van der Waals surface area contributed by atoms with Gasteiger partial charge in [0.1, 0.15) is 24.8 Å². The van der Waals surface area contributed by atoms with Gasteiger partial charge in [-0.05, 0) is 54.6 Å². The fourth-order valence-electron chi connectivity index (χ4n) is 2.86. The Morgan fingerprint density at radius 1 is 1.15 bits per heavy atom. The second-order valence-corrected chi connectivity index (χ2v) is 7.67. The minimum Gasteiger partial charge on any atom is -0.490 e. The first-order valence-electron chi connectivity index (χ1n) is 9.83. The fourth-order valence-corrected chi connectivity index (χ4v) is 3.70. The molecule has 0 atom stereocenters. The number of imide groups is 1. The van der Waals surface area contributed by atoms with Crippen LogP contribution in [-0.4, -0.2) is 41.7 Å². The van der Waals surface area contributed by atoms with E-state index in [0.717, 1.165) is 17.0 Å². The Balaban J connectivity index is 1.73. The third-order valence-corrected chi connectivity index (χ3v) is 5.21. The molecule has 1 fully saturated rings. The molecule has 3 amide bonds. The second-order valence-electron chi connectivity index (χ2n) is 6.68. The molecule has 0 saturated carbocycles. The molecule has 10 heteroatoms. The van der Waals surface area contributed by atoms with Crippen LogP contribution in [0.15, 0.2) is 54.0 Å². The van der Waals surface area contributed by atoms with Gasteiger partial charge in [-0.1, -0.05) is 18.7 Å². The Labute approximate surface area is 193 Å². The fraction of sp³-hybridized carbons (Fsp3) is 0.174. The number of carbonyl (C=O) groups is 3. The van der Waals surface area contributed by atoms with Crippen LogP contribution in [0.25, 0.3) is 6.08 Å². The van der Waals surface area contributed by atoms with E-state index in [1.165, 1.54) is 6.08 Å². The maximum Gasteiger partial charge on any atom is 0.294 e. The summed E-state index contributed by atoms with van der Waals surface area (Å²) in [6.07, 6.45) is 3.10. The average molecular weight is 474 g/mol. The molecule has 2 aromatic rings. The SMILES string of the molecule is C=CCOc1ccc(C=C2SC(=O)N(CC(=O)Nc3ccc(F)cc3F)C2=O)cc1OCC. The Morgan fingerprint density at radius 3 is 2.64 bits per heavy atom. The standard InChI is InChI=1S/C23H20F2N2O5S/c1-3-9-32-18-8-5-14(10-19(18)31-4-2)11-20-22(29)27(23(30)33-20)13-21(28)26-17-7-6-15(24)12-16(17)25/h3,5-8,10-12H,1,4,9,13H2,2H3,(H,26,28). The van der Waals surface area contributed by atoms with Crippen LogP contribution in [0.3, 0.4) is 0 Å². The number of nitrogens with one attached hydrogen (secondary N) is 1. The predicted molar refractivity (Wildman–Crippen MR) is 121 cm³/mol. The van der Waals surface area contributed by atoms with Crippen LogP contribution in [0.1, 0.15) is 12.5 Å². The maximum absolute atomic E-state index is 13.7. The molecule has 0 bridgehead atoms. The quantitative estimate of drug-likeness (QED) is 0.422. The molecule has 3 rings (SSSR count). The van der Waals surface area contributed by atoms with Gasteiger partial charge in [-0.3, -0.25) is 19.3 Å². The summed E-state index contributed by atoms with van der Waals surface area (Å²) in [4.78, 5) is 38.1. The van der Waals surface area contributed by atoms with E-state index in [1.807, 2.05) is 6.92 Å². The lowest BCUT2D eigenvalue weighted by Gasteiger charge is -2.13. The van der Waals surface area contributed by atoms with Crippen molar-refractivity contribution < 1.29 is 32.6 Å². The number of carbonyl (C=O) groups excluding carboxylic acids is 3. The molecule has 172 valence electrons. The number of nitrogens with zero attached hydrogens (tertiary/aromatic N) is 1. The zero-order chi connectivity index (χ0) is 24.0. The summed E-state index contributed by atoms with van der Waals surface area (Å²) in [6, 6.07) is 7.68. The molecule has 0 spiro atoms. The third kappa shape index (κ3) is 5.98. The van der Waals surface area contributed by atoms with E-state index in [0.29, 0.717) is 48.1 Å². The molecule has 33 heavy (non-hydrogen) atoms. The van der Waals surface area contributed by atoms with Gasteiger partial charge in [-0.25, -0.2) is 8.78 Å². The van der Waals surface area contributed by atoms with Crippen molar-refractivity contribution in [2.24, 2.45) is 0 Å². The minimum atomic E-state index is -0.969. The zero-order valence-electron chi connectivity index (χ0n) is 17.6. The van der Waals surface area contributed by atoms with Crippen molar-refractivity contribution in [2.75, 3.05) is 25.1 Å². The van der Waals surface area contributed by atoms with E-state index in [-0.39, 0.29) is 10.6 Å². The molecular weight excluding hydrogens is 454 g/mol. The summed E-state index contributed by atoms with van der Waals surface area (Å²) in [5, 5.41) is 1.58. The Kier molecular flexibility index (Phi) is 7.83. The van der Waals surface area contributed by atoms with E-state index < -0.39 is 35.2 Å². The molecule has 1 N–H and O–H groups in total. The van der Waals surface area contributed by atoms with Gasteiger partial charge in [0.2, 0.25) is 5.91 Å². The Bertz CT molecular complexity index is 1140. The van der Waals surface area contributed by atoms with Crippen molar-refractivity contribution in [2.45, 2.75) is 6.92 Å². The number of anilines is 1. The van der Waals surface area contributed by atoms with Crippen LogP contribution in [-0.2, 0) is 9.59 Å². The highest BCUT2D eigenvalue weighted by Crippen LogP contribution is 2.34. The van der Waals surface area contributed by atoms with Crippen LogP contribution in [0.5, 0.6) is 11.5 Å². The average Bonchev–Trinajstić information content (AvgIpc) is 3.02. The molecular formula is C23H20F2N2O5S. The van der Waals surface area contributed by atoms with Gasteiger partial charge < -0.3 is 14.8 Å².